The zero-order valence-electron chi connectivity index (χ0n) is 10.3. The van der Waals surface area contributed by atoms with Crippen LogP contribution in [0.5, 0.6) is 0 Å². The van der Waals surface area contributed by atoms with Gasteiger partial charge in [0.2, 0.25) is 0 Å². The van der Waals surface area contributed by atoms with E-state index in [0.29, 0.717) is 18.7 Å². The summed E-state index contributed by atoms with van der Waals surface area (Å²) in [6.45, 7) is 6.39. The Morgan fingerprint density at radius 1 is 1.39 bits per heavy atom. The van der Waals surface area contributed by atoms with Gasteiger partial charge in [-0.2, -0.15) is 5.26 Å². The van der Waals surface area contributed by atoms with E-state index in [1.807, 2.05) is 37.3 Å². The molecule has 0 atom stereocenters. The van der Waals surface area contributed by atoms with Gasteiger partial charge in [0.15, 0.2) is 5.69 Å². The standard InChI is InChI=1S/C14H14N4/c1-11(2)10-18-14(13(9-15)16-17-18)8-12-6-4-3-5-7-12/h3-7H,1,8,10H2,2H3. The molecule has 4 nitrogen and oxygen atoms in total. The lowest BCUT2D eigenvalue weighted by Gasteiger charge is -2.06. The maximum Gasteiger partial charge on any atom is 0.186 e. The molecule has 0 N–H and O–H groups in total. The molecule has 0 fully saturated rings. The van der Waals surface area contributed by atoms with Crippen LogP contribution in [0.2, 0.25) is 0 Å². The smallest absolute Gasteiger partial charge is 0.186 e. The summed E-state index contributed by atoms with van der Waals surface area (Å²) in [4.78, 5) is 0. The minimum absolute atomic E-state index is 0.389. The van der Waals surface area contributed by atoms with E-state index in [-0.39, 0.29) is 0 Å². The summed E-state index contributed by atoms with van der Waals surface area (Å²) < 4.78 is 1.74. The monoisotopic (exact) mass is 238 g/mol. The largest absolute Gasteiger partial charge is 0.244 e. The summed E-state index contributed by atoms with van der Waals surface area (Å²) in [7, 11) is 0. The third-order valence-electron chi connectivity index (χ3n) is 2.58. The third kappa shape index (κ3) is 2.64. The van der Waals surface area contributed by atoms with Crippen LogP contribution in [-0.2, 0) is 13.0 Å². The molecule has 90 valence electrons. The van der Waals surface area contributed by atoms with Gasteiger partial charge in [0, 0.05) is 6.42 Å². The van der Waals surface area contributed by atoms with Crippen molar-refractivity contribution in [3.05, 3.63) is 59.4 Å². The van der Waals surface area contributed by atoms with Crippen LogP contribution < -0.4 is 0 Å². The first-order chi connectivity index (χ1) is 8.70. The van der Waals surface area contributed by atoms with E-state index in [0.717, 1.165) is 16.8 Å². The summed E-state index contributed by atoms with van der Waals surface area (Å²) in [5.74, 6) is 0. The quantitative estimate of drug-likeness (QED) is 0.768. The van der Waals surface area contributed by atoms with Crippen LogP contribution in [0.15, 0.2) is 42.5 Å². The Hall–Kier alpha value is -2.41. The van der Waals surface area contributed by atoms with Crippen molar-refractivity contribution in [3.8, 4) is 6.07 Å². The molecular weight excluding hydrogens is 224 g/mol. The Morgan fingerprint density at radius 2 is 2.11 bits per heavy atom. The highest BCUT2D eigenvalue weighted by Crippen LogP contribution is 2.12. The molecule has 0 aliphatic carbocycles. The van der Waals surface area contributed by atoms with E-state index >= 15 is 0 Å². The van der Waals surface area contributed by atoms with Crippen LogP contribution in [0, 0.1) is 11.3 Å². The minimum atomic E-state index is 0.389. The number of hydrogen-bond acceptors (Lipinski definition) is 3. The Balaban J connectivity index is 2.33. The van der Waals surface area contributed by atoms with Gasteiger partial charge in [0.1, 0.15) is 6.07 Å². The van der Waals surface area contributed by atoms with Crippen molar-refractivity contribution in [3.63, 3.8) is 0 Å². The van der Waals surface area contributed by atoms with Gasteiger partial charge < -0.3 is 0 Å². The van der Waals surface area contributed by atoms with Crippen LogP contribution in [0.3, 0.4) is 0 Å². The molecule has 1 aromatic carbocycles. The molecular formula is C14H14N4. The molecule has 2 rings (SSSR count). The van der Waals surface area contributed by atoms with Gasteiger partial charge in [-0.3, -0.25) is 0 Å². The average molecular weight is 238 g/mol. The van der Waals surface area contributed by atoms with Crippen molar-refractivity contribution >= 4 is 0 Å². The molecule has 0 radical (unpaired) electrons. The second kappa shape index (κ2) is 5.28. The first kappa shape index (κ1) is 12.1. The molecule has 0 saturated heterocycles. The first-order valence-corrected chi connectivity index (χ1v) is 5.71. The minimum Gasteiger partial charge on any atom is -0.244 e. The molecule has 1 aromatic heterocycles. The van der Waals surface area contributed by atoms with Crippen molar-refractivity contribution in [1.29, 1.82) is 5.26 Å². The van der Waals surface area contributed by atoms with Crippen molar-refractivity contribution < 1.29 is 0 Å². The number of aromatic nitrogens is 3. The van der Waals surface area contributed by atoms with Crippen LogP contribution in [0.25, 0.3) is 0 Å². The number of benzene rings is 1. The second-order valence-corrected chi connectivity index (χ2v) is 4.27. The van der Waals surface area contributed by atoms with Crippen molar-refractivity contribution in [1.82, 2.24) is 15.0 Å². The maximum atomic E-state index is 9.06. The Labute approximate surface area is 106 Å². The lowest BCUT2D eigenvalue weighted by molar-refractivity contribution is 0.619. The maximum absolute atomic E-state index is 9.06. The molecule has 4 heteroatoms. The molecule has 0 aliphatic heterocycles. The highest BCUT2D eigenvalue weighted by atomic mass is 15.4. The topological polar surface area (TPSA) is 54.5 Å². The molecule has 0 saturated carbocycles. The Morgan fingerprint density at radius 3 is 2.72 bits per heavy atom. The average Bonchev–Trinajstić information content (AvgIpc) is 2.72. The fourth-order valence-corrected chi connectivity index (χ4v) is 1.77. The van der Waals surface area contributed by atoms with E-state index in [2.05, 4.69) is 23.0 Å². The number of hydrogen-bond donors (Lipinski definition) is 0. The second-order valence-electron chi connectivity index (χ2n) is 4.27. The van der Waals surface area contributed by atoms with Gasteiger partial charge in [-0.05, 0) is 12.5 Å². The van der Waals surface area contributed by atoms with Gasteiger partial charge in [-0.25, -0.2) is 4.68 Å². The summed E-state index contributed by atoms with van der Waals surface area (Å²) in [6.07, 6.45) is 0.657. The molecule has 1 heterocycles. The van der Waals surface area contributed by atoms with Gasteiger partial charge in [0.05, 0.1) is 12.2 Å². The summed E-state index contributed by atoms with van der Waals surface area (Å²) >= 11 is 0. The highest BCUT2D eigenvalue weighted by Gasteiger charge is 2.12. The molecule has 0 spiro atoms. The van der Waals surface area contributed by atoms with E-state index < -0.39 is 0 Å². The van der Waals surface area contributed by atoms with Crippen LogP contribution in [-0.4, -0.2) is 15.0 Å². The number of allylic oxidation sites excluding steroid dienone is 1. The molecule has 0 aliphatic rings. The summed E-state index contributed by atoms with van der Waals surface area (Å²) in [6, 6.07) is 12.1. The Bertz CT molecular complexity index is 590. The summed E-state index contributed by atoms with van der Waals surface area (Å²) in [5, 5.41) is 17.0. The lowest BCUT2D eigenvalue weighted by atomic mass is 10.1. The van der Waals surface area contributed by atoms with Gasteiger partial charge in [-0.1, -0.05) is 47.7 Å². The van der Waals surface area contributed by atoms with Crippen LogP contribution in [0.4, 0.5) is 0 Å². The normalized spacial score (nSPS) is 10.0. The van der Waals surface area contributed by atoms with Gasteiger partial charge >= 0.3 is 0 Å². The molecule has 18 heavy (non-hydrogen) atoms. The van der Waals surface area contributed by atoms with E-state index in [1.165, 1.54) is 0 Å². The third-order valence-corrected chi connectivity index (χ3v) is 2.58. The van der Waals surface area contributed by atoms with E-state index in [1.54, 1.807) is 4.68 Å². The van der Waals surface area contributed by atoms with Crippen LogP contribution >= 0.6 is 0 Å². The van der Waals surface area contributed by atoms with E-state index in [9.17, 15) is 0 Å². The first-order valence-electron chi connectivity index (χ1n) is 5.71. The van der Waals surface area contributed by atoms with Crippen molar-refractivity contribution in [2.45, 2.75) is 19.9 Å². The van der Waals surface area contributed by atoms with Crippen LogP contribution in [0.1, 0.15) is 23.9 Å². The molecule has 0 unspecified atom stereocenters. The molecule has 2 aromatic rings. The van der Waals surface area contributed by atoms with Gasteiger partial charge in [0.25, 0.3) is 0 Å². The van der Waals surface area contributed by atoms with E-state index in [4.69, 9.17) is 5.26 Å². The zero-order chi connectivity index (χ0) is 13.0. The van der Waals surface area contributed by atoms with Crippen molar-refractivity contribution in [2.24, 2.45) is 0 Å². The predicted molar refractivity (Wildman–Crippen MR) is 68.8 cm³/mol. The predicted octanol–water partition coefficient (Wildman–Crippen LogP) is 2.32. The number of nitriles is 1. The summed E-state index contributed by atoms with van der Waals surface area (Å²) in [5.41, 5.74) is 3.35. The fraction of sp³-hybridized carbons (Fsp3) is 0.214. The Kier molecular flexibility index (Phi) is 3.54. The van der Waals surface area contributed by atoms with Gasteiger partial charge in [-0.15, -0.1) is 5.10 Å². The number of nitrogens with zero attached hydrogens (tertiary/aromatic N) is 4. The fourth-order valence-electron chi connectivity index (χ4n) is 1.77. The number of rotatable bonds is 4. The zero-order valence-corrected chi connectivity index (χ0v) is 10.3. The lowest BCUT2D eigenvalue weighted by Crippen LogP contribution is -2.07. The van der Waals surface area contributed by atoms with Crippen molar-refractivity contribution in [2.75, 3.05) is 0 Å². The molecule has 0 bridgehead atoms. The highest BCUT2D eigenvalue weighted by molar-refractivity contribution is 5.30. The SMILES string of the molecule is C=C(C)Cn1nnc(C#N)c1Cc1ccccc1. The molecule has 0 amide bonds.